The number of esters is 2. The van der Waals surface area contributed by atoms with Crippen LogP contribution in [-0.2, 0) is 16.1 Å². The molecule has 39 heavy (non-hydrogen) atoms. The summed E-state index contributed by atoms with van der Waals surface area (Å²) in [6, 6.07) is 12.3. The molecule has 6 rings (SSSR count). The van der Waals surface area contributed by atoms with E-state index in [9.17, 15) is 14.7 Å². The highest BCUT2D eigenvalue weighted by Gasteiger charge is 2.55. The molecule has 210 valence electrons. The van der Waals surface area contributed by atoms with Crippen LogP contribution in [-0.4, -0.2) is 28.6 Å². The first kappa shape index (κ1) is 27.9. The number of carbonyl (C=O) groups excluding carboxylic acids is 2. The van der Waals surface area contributed by atoms with Crippen LogP contribution in [0, 0.1) is 30.1 Å². The molecule has 4 aliphatic rings. The monoisotopic (exact) mass is 533 g/mol. The van der Waals surface area contributed by atoms with Crippen molar-refractivity contribution in [3.63, 3.8) is 0 Å². The summed E-state index contributed by atoms with van der Waals surface area (Å²) in [5, 5.41) is 14.5. The predicted molar refractivity (Wildman–Crippen MR) is 150 cm³/mol. The number of rotatable bonds is 8. The number of ether oxygens (including phenoxy) is 2. The Kier molecular flexibility index (Phi) is 7.64. The lowest BCUT2D eigenvalue weighted by Crippen LogP contribution is -2.50. The van der Waals surface area contributed by atoms with Gasteiger partial charge in [-0.05, 0) is 121 Å². The largest absolute Gasteiger partial charge is 0.460 e. The molecule has 6 nitrogen and oxygen atoms in total. The van der Waals surface area contributed by atoms with Crippen LogP contribution in [0.5, 0.6) is 5.75 Å². The molecule has 0 amide bonds. The zero-order valence-corrected chi connectivity index (χ0v) is 24.0. The molecule has 4 saturated carbocycles. The van der Waals surface area contributed by atoms with Crippen molar-refractivity contribution in [3.8, 4) is 5.75 Å². The molecule has 0 radical (unpaired) electrons. The Labute approximate surface area is 232 Å². The molecule has 2 unspecified atom stereocenters. The Morgan fingerprint density at radius 1 is 1.03 bits per heavy atom. The second-order valence-corrected chi connectivity index (χ2v) is 13.5. The summed E-state index contributed by atoms with van der Waals surface area (Å²) in [6.07, 6.45) is 5.78. The Morgan fingerprint density at radius 2 is 1.67 bits per heavy atom. The molecular formula is C33H43NO5. The highest BCUT2D eigenvalue weighted by Crippen LogP contribution is 2.60. The summed E-state index contributed by atoms with van der Waals surface area (Å²) < 4.78 is 11.8. The second-order valence-electron chi connectivity index (χ2n) is 13.5. The van der Waals surface area contributed by atoms with Crippen molar-refractivity contribution in [1.29, 1.82) is 0 Å². The van der Waals surface area contributed by atoms with Crippen LogP contribution in [0.25, 0.3) is 0 Å². The van der Waals surface area contributed by atoms with Crippen molar-refractivity contribution in [2.24, 2.45) is 23.2 Å². The van der Waals surface area contributed by atoms with E-state index in [4.69, 9.17) is 9.47 Å². The van der Waals surface area contributed by atoms with E-state index in [1.54, 1.807) is 30.3 Å². The van der Waals surface area contributed by atoms with Crippen molar-refractivity contribution in [2.75, 3.05) is 0 Å². The molecule has 0 spiro atoms. The van der Waals surface area contributed by atoms with Crippen LogP contribution >= 0.6 is 0 Å². The lowest BCUT2D eigenvalue weighted by atomic mass is 9.49. The van der Waals surface area contributed by atoms with Gasteiger partial charge in [0.25, 0.3) is 0 Å². The SMILES string of the molecule is Cc1cccc(C(=O)Oc2ccc(C(O)C(C)NC(C)(C)C)cc2COC(=O)C23CC4CC(CC(C4)C2)C3)c1. The maximum Gasteiger partial charge on any atom is 0.343 e. The van der Waals surface area contributed by atoms with Crippen molar-refractivity contribution in [1.82, 2.24) is 5.32 Å². The molecule has 2 aromatic carbocycles. The van der Waals surface area contributed by atoms with E-state index in [0.29, 0.717) is 40.2 Å². The molecule has 0 heterocycles. The van der Waals surface area contributed by atoms with Gasteiger partial charge in [0.1, 0.15) is 12.4 Å². The van der Waals surface area contributed by atoms with E-state index in [0.717, 1.165) is 24.8 Å². The Hall–Kier alpha value is -2.70. The van der Waals surface area contributed by atoms with E-state index in [1.165, 1.54) is 19.3 Å². The van der Waals surface area contributed by atoms with Crippen molar-refractivity contribution < 1.29 is 24.2 Å². The first-order valence-electron chi connectivity index (χ1n) is 14.5. The zero-order valence-electron chi connectivity index (χ0n) is 24.0. The minimum Gasteiger partial charge on any atom is -0.460 e. The number of carbonyl (C=O) groups is 2. The Bertz CT molecular complexity index is 1190. The van der Waals surface area contributed by atoms with Crippen LogP contribution in [0.4, 0.5) is 0 Å². The van der Waals surface area contributed by atoms with Crippen molar-refractivity contribution in [3.05, 3.63) is 64.7 Å². The number of hydrogen-bond donors (Lipinski definition) is 2. The maximum atomic E-state index is 13.6. The standard InChI is InChI=1S/C33H43NO5/c1-20-7-6-8-26(11-20)30(36)39-28-10-9-25(29(35)21(2)34-32(3,4)5)15-27(28)19-38-31(37)33-16-22-12-23(17-33)14-24(13-22)18-33/h6-11,15,21-24,29,34-35H,12-14,16-19H2,1-5H3. The highest BCUT2D eigenvalue weighted by atomic mass is 16.5. The van der Waals surface area contributed by atoms with E-state index in [1.807, 2.05) is 26.0 Å². The highest BCUT2D eigenvalue weighted by molar-refractivity contribution is 5.91. The minimum absolute atomic E-state index is 0.00133. The van der Waals surface area contributed by atoms with Gasteiger partial charge in [0.2, 0.25) is 0 Å². The third-order valence-electron chi connectivity index (χ3n) is 8.85. The summed E-state index contributed by atoms with van der Waals surface area (Å²) in [5.41, 5.74) is 2.14. The molecule has 0 saturated heterocycles. The molecule has 2 aromatic rings. The van der Waals surface area contributed by atoms with Gasteiger partial charge in [-0.1, -0.05) is 23.8 Å². The van der Waals surface area contributed by atoms with Crippen LogP contribution in [0.15, 0.2) is 42.5 Å². The first-order valence-corrected chi connectivity index (χ1v) is 14.5. The van der Waals surface area contributed by atoms with E-state index >= 15 is 0 Å². The van der Waals surface area contributed by atoms with E-state index in [-0.39, 0.29) is 29.6 Å². The number of aryl methyl sites for hydroxylation is 1. The number of aliphatic hydroxyl groups excluding tert-OH is 1. The third-order valence-corrected chi connectivity index (χ3v) is 8.85. The molecular weight excluding hydrogens is 490 g/mol. The topological polar surface area (TPSA) is 84.9 Å². The summed E-state index contributed by atoms with van der Waals surface area (Å²) in [7, 11) is 0. The molecule has 0 aliphatic heterocycles. The summed E-state index contributed by atoms with van der Waals surface area (Å²) in [6.45, 7) is 10.0. The second kappa shape index (κ2) is 10.7. The van der Waals surface area contributed by atoms with Gasteiger partial charge in [-0.25, -0.2) is 4.79 Å². The average Bonchev–Trinajstić information content (AvgIpc) is 2.85. The number of aliphatic hydroxyl groups is 1. The van der Waals surface area contributed by atoms with Crippen molar-refractivity contribution in [2.45, 2.75) is 97.4 Å². The summed E-state index contributed by atoms with van der Waals surface area (Å²) >= 11 is 0. The third kappa shape index (κ3) is 6.22. The number of nitrogens with one attached hydrogen (secondary N) is 1. The van der Waals surface area contributed by atoms with Gasteiger partial charge in [0.15, 0.2) is 0 Å². The first-order chi connectivity index (χ1) is 18.4. The fourth-order valence-corrected chi connectivity index (χ4v) is 7.63. The maximum absolute atomic E-state index is 13.6. The summed E-state index contributed by atoms with van der Waals surface area (Å²) in [4.78, 5) is 26.5. The number of hydrogen-bond acceptors (Lipinski definition) is 6. The average molecular weight is 534 g/mol. The van der Waals surface area contributed by atoms with Gasteiger partial charge in [-0.3, -0.25) is 4.79 Å². The van der Waals surface area contributed by atoms with Crippen LogP contribution < -0.4 is 10.1 Å². The van der Waals surface area contributed by atoms with Gasteiger partial charge in [-0.15, -0.1) is 0 Å². The summed E-state index contributed by atoms with van der Waals surface area (Å²) in [5.74, 6) is 1.68. The molecule has 2 N–H and O–H groups in total. The normalized spacial score (nSPS) is 27.2. The van der Waals surface area contributed by atoms with Gasteiger partial charge in [0.05, 0.1) is 17.1 Å². The lowest BCUT2D eigenvalue weighted by molar-refractivity contribution is -0.173. The smallest absolute Gasteiger partial charge is 0.343 e. The fraction of sp³-hybridized carbons (Fsp3) is 0.576. The van der Waals surface area contributed by atoms with Gasteiger partial charge in [0, 0.05) is 17.1 Å². The van der Waals surface area contributed by atoms with E-state index in [2.05, 4.69) is 26.1 Å². The molecule has 4 fully saturated rings. The van der Waals surface area contributed by atoms with E-state index < -0.39 is 12.1 Å². The molecule has 0 aromatic heterocycles. The molecule has 4 bridgehead atoms. The molecule has 4 aliphatic carbocycles. The Morgan fingerprint density at radius 3 is 2.26 bits per heavy atom. The van der Waals surface area contributed by atoms with Gasteiger partial charge in [-0.2, -0.15) is 0 Å². The van der Waals surface area contributed by atoms with Crippen LogP contribution in [0.3, 0.4) is 0 Å². The lowest BCUT2D eigenvalue weighted by Gasteiger charge is -2.55. The predicted octanol–water partition coefficient (Wildman–Crippen LogP) is 6.28. The molecule has 6 heteroatoms. The van der Waals surface area contributed by atoms with Crippen LogP contribution in [0.2, 0.25) is 0 Å². The van der Waals surface area contributed by atoms with Gasteiger partial charge < -0.3 is 19.9 Å². The zero-order chi connectivity index (χ0) is 27.9. The van der Waals surface area contributed by atoms with Crippen molar-refractivity contribution >= 4 is 11.9 Å². The quantitative estimate of drug-likeness (QED) is 0.307. The Balaban J connectivity index is 1.37. The van der Waals surface area contributed by atoms with Gasteiger partial charge >= 0.3 is 11.9 Å². The fourth-order valence-electron chi connectivity index (χ4n) is 7.63. The molecule has 2 atom stereocenters. The van der Waals surface area contributed by atoms with Crippen LogP contribution in [0.1, 0.15) is 99.4 Å². The number of benzene rings is 2. The minimum atomic E-state index is -0.789.